The number of aromatic amines is 1. The van der Waals surface area contributed by atoms with Crippen molar-refractivity contribution in [2.75, 3.05) is 7.11 Å². The van der Waals surface area contributed by atoms with Gasteiger partial charge in [0, 0.05) is 11.3 Å². The van der Waals surface area contributed by atoms with Gasteiger partial charge < -0.3 is 4.74 Å². The van der Waals surface area contributed by atoms with Crippen LogP contribution in [0.4, 0.5) is 0 Å². The first-order chi connectivity index (χ1) is 18.6. The molecule has 5 aliphatic carbocycles. The summed E-state index contributed by atoms with van der Waals surface area (Å²) >= 11 is 0. The van der Waals surface area contributed by atoms with Gasteiger partial charge in [0.1, 0.15) is 5.78 Å². The van der Waals surface area contributed by atoms with Gasteiger partial charge in [0.25, 0.3) is 0 Å². The van der Waals surface area contributed by atoms with Crippen molar-refractivity contribution in [3.8, 4) is 0 Å². The summed E-state index contributed by atoms with van der Waals surface area (Å²) < 4.78 is 5.45. The number of rotatable bonds is 2. The van der Waals surface area contributed by atoms with Crippen LogP contribution < -0.4 is 0 Å². The molecule has 0 bridgehead atoms. The average Bonchev–Trinajstić information content (AvgIpc) is 3.42. The van der Waals surface area contributed by atoms with Crippen LogP contribution in [-0.2, 0) is 19.1 Å². The summed E-state index contributed by atoms with van der Waals surface area (Å²) in [5.41, 5.74) is -0.765. The van der Waals surface area contributed by atoms with E-state index in [2.05, 4.69) is 69.1 Å². The molecule has 8 heteroatoms. The van der Waals surface area contributed by atoms with Crippen LogP contribution in [-0.4, -0.2) is 45.3 Å². The van der Waals surface area contributed by atoms with E-state index in [0.717, 1.165) is 44.9 Å². The number of carbonyl (C=O) groups excluding carboxylic acids is 3. The summed E-state index contributed by atoms with van der Waals surface area (Å²) in [6, 6.07) is 0. The van der Waals surface area contributed by atoms with E-state index in [-0.39, 0.29) is 56.9 Å². The summed E-state index contributed by atoms with van der Waals surface area (Å²) in [5, 5.41) is 14.8. The Kier molecular flexibility index (Phi) is 5.79. The highest BCUT2D eigenvalue weighted by Gasteiger charge is 2.71. The Bertz CT molecular complexity index is 1300. The van der Waals surface area contributed by atoms with E-state index in [1.54, 1.807) is 0 Å². The zero-order chi connectivity index (χ0) is 29.1. The molecule has 1 N–H and O–H groups in total. The van der Waals surface area contributed by atoms with Crippen LogP contribution in [0, 0.1) is 50.2 Å². The Hall–Kier alpha value is -2.38. The lowest BCUT2D eigenvalue weighted by Gasteiger charge is -2.69. The number of esters is 1. The van der Waals surface area contributed by atoms with E-state index in [9.17, 15) is 14.4 Å². The fraction of sp³-hybridized carbons (Fsp3) is 0.812. The van der Waals surface area contributed by atoms with Crippen molar-refractivity contribution in [2.45, 2.75) is 106 Å². The molecule has 6 rings (SSSR count). The molecule has 1 heterocycles. The van der Waals surface area contributed by atoms with Gasteiger partial charge in [-0.2, -0.15) is 5.21 Å². The van der Waals surface area contributed by atoms with Gasteiger partial charge in [-0.05, 0) is 90.9 Å². The van der Waals surface area contributed by atoms with Gasteiger partial charge in [-0.1, -0.05) is 59.3 Å². The minimum Gasteiger partial charge on any atom is -0.469 e. The van der Waals surface area contributed by atoms with Gasteiger partial charge in [-0.15, -0.1) is 10.2 Å². The Labute approximate surface area is 237 Å². The van der Waals surface area contributed by atoms with Crippen LogP contribution in [0.25, 0.3) is 0 Å². The molecule has 0 saturated heterocycles. The van der Waals surface area contributed by atoms with E-state index in [4.69, 9.17) is 4.74 Å². The van der Waals surface area contributed by atoms with Crippen LogP contribution in [0.15, 0.2) is 11.6 Å². The molecular formula is C32H46N4O4. The van der Waals surface area contributed by atoms with Gasteiger partial charge in [0.05, 0.1) is 18.4 Å². The predicted octanol–water partition coefficient (Wildman–Crippen LogP) is 5.62. The van der Waals surface area contributed by atoms with Gasteiger partial charge in [0.15, 0.2) is 11.6 Å². The summed E-state index contributed by atoms with van der Waals surface area (Å²) in [6.07, 6.45) is 8.61. The topological polar surface area (TPSA) is 115 Å². The molecule has 218 valence electrons. The maximum absolute atomic E-state index is 14.6. The molecule has 0 spiro atoms. The summed E-state index contributed by atoms with van der Waals surface area (Å²) in [6.45, 7) is 15.7. The van der Waals surface area contributed by atoms with Crippen LogP contribution in [0.2, 0.25) is 0 Å². The lowest BCUT2D eigenvalue weighted by molar-refractivity contribution is -0.193. The maximum Gasteiger partial charge on any atom is 0.312 e. The molecule has 2 unspecified atom stereocenters. The van der Waals surface area contributed by atoms with Gasteiger partial charge in [-0.25, -0.2) is 0 Å². The zero-order valence-corrected chi connectivity index (χ0v) is 25.5. The Morgan fingerprint density at radius 3 is 2.33 bits per heavy atom. The number of tetrazole rings is 1. The fourth-order valence-corrected chi connectivity index (χ4v) is 11.1. The number of aromatic nitrogens is 4. The largest absolute Gasteiger partial charge is 0.469 e. The number of methoxy groups -OCH3 is 1. The number of fused-ring (bicyclic) bond motifs is 7. The molecule has 40 heavy (non-hydrogen) atoms. The second-order valence-corrected chi connectivity index (χ2v) is 15.9. The number of nitrogens with one attached hydrogen (secondary N) is 1. The highest BCUT2D eigenvalue weighted by Crippen LogP contribution is 2.75. The highest BCUT2D eigenvalue weighted by atomic mass is 16.5. The van der Waals surface area contributed by atoms with Crippen molar-refractivity contribution in [2.24, 2.45) is 50.2 Å². The standard InChI is InChI=1S/C32H46N4O4/c1-27(2)11-13-32(26(39)40-8)14-12-31(7)23(19(32)17-27)20(37)15-22-29(5)16-18(25-33-35-36-34-25)24(38)28(3,4)21(29)9-10-30(22,31)6/h15,18-19,21,23H,9-14,16-17H2,1-8H3,(H,33,34,35,36)/t18?,19-,21?,23-,29-,30+,31+,32-/m0/s1. The summed E-state index contributed by atoms with van der Waals surface area (Å²) in [7, 11) is 1.50. The smallest absolute Gasteiger partial charge is 0.312 e. The minimum absolute atomic E-state index is 0.0356. The third-order valence-corrected chi connectivity index (χ3v) is 13.4. The Morgan fingerprint density at radius 2 is 1.68 bits per heavy atom. The lowest BCUT2D eigenvalue weighted by Crippen LogP contribution is -2.66. The molecular weight excluding hydrogens is 504 g/mol. The Balaban J connectivity index is 1.50. The van der Waals surface area contributed by atoms with Gasteiger partial charge in [-0.3, -0.25) is 14.4 Å². The molecule has 8 nitrogen and oxygen atoms in total. The van der Waals surface area contributed by atoms with E-state index >= 15 is 0 Å². The number of H-pyrrole nitrogens is 1. The molecule has 8 atom stereocenters. The molecule has 4 saturated carbocycles. The SMILES string of the molecule is COC(=O)[C@]12CCC(C)(C)C[C@H]1[C@H]1C(=O)C=C3[C@@]4(C)CC(c5nn[nH]n5)C(=O)C(C)(C)C4CC[C@@]3(C)[C@]1(C)CC2. The molecule has 0 amide bonds. The second kappa shape index (κ2) is 8.34. The van der Waals surface area contributed by atoms with Crippen LogP contribution in [0.1, 0.15) is 112 Å². The third-order valence-electron chi connectivity index (χ3n) is 13.4. The molecule has 5 aliphatic rings. The van der Waals surface area contributed by atoms with Crippen LogP contribution >= 0.6 is 0 Å². The normalized spacial score (nSPS) is 45.4. The number of hydrogen-bond acceptors (Lipinski definition) is 7. The highest BCUT2D eigenvalue weighted by molar-refractivity contribution is 5.97. The minimum atomic E-state index is -0.587. The number of carbonyl (C=O) groups is 3. The Morgan fingerprint density at radius 1 is 0.975 bits per heavy atom. The van der Waals surface area contributed by atoms with E-state index in [0.29, 0.717) is 12.2 Å². The summed E-state index contributed by atoms with van der Waals surface area (Å²) in [4.78, 5) is 41.9. The van der Waals surface area contributed by atoms with Crippen molar-refractivity contribution in [1.29, 1.82) is 0 Å². The van der Waals surface area contributed by atoms with Gasteiger partial charge >= 0.3 is 5.97 Å². The first-order valence-corrected chi connectivity index (χ1v) is 15.2. The van der Waals surface area contributed by atoms with Gasteiger partial charge in [0.2, 0.25) is 0 Å². The monoisotopic (exact) mass is 550 g/mol. The average molecular weight is 551 g/mol. The van der Waals surface area contributed by atoms with Crippen molar-refractivity contribution in [3.05, 3.63) is 17.5 Å². The first kappa shape index (κ1) is 27.8. The number of hydrogen-bond donors (Lipinski definition) is 1. The number of Topliss-reactive ketones (excluding diaryl/α,β-unsaturated/α-hetero) is 1. The number of nitrogens with zero attached hydrogens (tertiary/aromatic N) is 3. The third kappa shape index (κ3) is 3.31. The maximum atomic E-state index is 14.6. The molecule has 4 fully saturated rings. The molecule has 0 aliphatic heterocycles. The zero-order valence-electron chi connectivity index (χ0n) is 25.5. The van der Waals surface area contributed by atoms with Crippen LogP contribution in [0.5, 0.6) is 0 Å². The number of ether oxygens (including phenoxy) is 1. The van der Waals surface area contributed by atoms with Crippen molar-refractivity contribution in [3.63, 3.8) is 0 Å². The summed E-state index contributed by atoms with van der Waals surface area (Å²) in [5.74, 6) is 0.0446. The van der Waals surface area contributed by atoms with Crippen molar-refractivity contribution < 1.29 is 19.1 Å². The lowest BCUT2D eigenvalue weighted by atomic mass is 9.33. The fourth-order valence-electron chi connectivity index (χ4n) is 11.1. The quantitative estimate of drug-likeness (QED) is 0.476. The second-order valence-electron chi connectivity index (χ2n) is 15.9. The van der Waals surface area contributed by atoms with Crippen molar-refractivity contribution >= 4 is 17.5 Å². The van der Waals surface area contributed by atoms with Crippen LogP contribution in [0.3, 0.4) is 0 Å². The first-order valence-electron chi connectivity index (χ1n) is 15.2. The number of allylic oxidation sites excluding steroid dienone is 2. The van der Waals surface area contributed by atoms with E-state index < -0.39 is 16.7 Å². The molecule has 1 aromatic rings. The predicted molar refractivity (Wildman–Crippen MR) is 149 cm³/mol. The van der Waals surface area contributed by atoms with E-state index in [1.165, 1.54) is 12.7 Å². The molecule has 0 radical (unpaired) electrons. The van der Waals surface area contributed by atoms with Crippen molar-refractivity contribution in [1.82, 2.24) is 20.6 Å². The van der Waals surface area contributed by atoms with E-state index in [1.807, 2.05) is 6.08 Å². The molecule has 0 aromatic carbocycles. The number of ketones is 2. The molecule has 1 aromatic heterocycles.